The molecule has 0 unspecified atom stereocenters. The minimum Gasteiger partial charge on any atom is -0.493 e. The van der Waals surface area contributed by atoms with Crippen LogP contribution in [-0.2, 0) is 16.1 Å². The van der Waals surface area contributed by atoms with E-state index in [2.05, 4.69) is 6.92 Å². The van der Waals surface area contributed by atoms with Crippen molar-refractivity contribution in [2.75, 3.05) is 13.7 Å². The summed E-state index contributed by atoms with van der Waals surface area (Å²) in [5.41, 5.74) is 1.67. The first-order chi connectivity index (χ1) is 15.9. The number of benzene rings is 2. The number of carbonyl (C=O) groups is 2. The molecule has 2 amide bonds. The van der Waals surface area contributed by atoms with Crippen LogP contribution >= 0.6 is 0 Å². The van der Waals surface area contributed by atoms with Gasteiger partial charge in [0.25, 0.3) is 11.8 Å². The Morgan fingerprint density at radius 1 is 1.09 bits per heavy atom. The zero-order valence-corrected chi connectivity index (χ0v) is 18.9. The predicted octanol–water partition coefficient (Wildman–Crippen LogP) is 4.81. The number of amides is 2. The minimum atomic E-state index is -0.668. The van der Waals surface area contributed by atoms with E-state index >= 15 is 0 Å². The van der Waals surface area contributed by atoms with Gasteiger partial charge in [0.15, 0.2) is 11.5 Å². The van der Waals surface area contributed by atoms with Crippen LogP contribution in [0, 0.1) is 17.1 Å². The maximum atomic E-state index is 13.2. The molecule has 0 aromatic heterocycles. The fraction of sp³-hybridized carbons (Fsp3) is 0.269. The average molecular weight is 448 g/mol. The van der Waals surface area contributed by atoms with E-state index in [1.54, 1.807) is 31.2 Å². The molecule has 0 N–H and O–H groups in total. The van der Waals surface area contributed by atoms with Crippen molar-refractivity contribution in [2.24, 2.45) is 0 Å². The summed E-state index contributed by atoms with van der Waals surface area (Å²) in [6.07, 6.45) is 3.55. The molecule has 0 saturated heterocycles. The van der Waals surface area contributed by atoms with E-state index in [1.807, 2.05) is 6.07 Å². The molecule has 3 rings (SSSR count). The van der Waals surface area contributed by atoms with Gasteiger partial charge in [-0.25, -0.2) is 4.39 Å². The highest BCUT2D eigenvalue weighted by atomic mass is 19.1. The second kappa shape index (κ2) is 10.6. The van der Waals surface area contributed by atoms with E-state index in [4.69, 9.17) is 9.47 Å². The molecule has 0 fully saturated rings. The highest BCUT2D eigenvalue weighted by Gasteiger charge is 2.35. The molecule has 0 spiro atoms. The quantitative estimate of drug-likeness (QED) is 0.329. The van der Waals surface area contributed by atoms with E-state index in [-0.39, 0.29) is 17.7 Å². The number of imide groups is 1. The van der Waals surface area contributed by atoms with Crippen molar-refractivity contribution in [3.05, 3.63) is 76.1 Å². The molecule has 1 heterocycles. The number of ether oxygens (including phenoxy) is 2. The minimum absolute atomic E-state index is 0.0682. The van der Waals surface area contributed by atoms with E-state index in [0.717, 1.165) is 17.7 Å². The van der Waals surface area contributed by atoms with Crippen LogP contribution in [0.25, 0.3) is 6.08 Å². The third-order valence-corrected chi connectivity index (χ3v) is 5.33. The van der Waals surface area contributed by atoms with Crippen molar-refractivity contribution >= 4 is 17.9 Å². The third-order valence-electron chi connectivity index (χ3n) is 5.33. The summed E-state index contributed by atoms with van der Waals surface area (Å²) >= 11 is 0. The first-order valence-corrected chi connectivity index (χ1v) is 10.6. The largest absolute Gasteiger partial charge is 0.493 e. The lowest BCUT2D eigenvalue weighted by atomic mass is 9.93. The SMILES string of the molecule is CCCCOc1ccc(/C=C2/C(=O)N(Cc3ccc(F)cc3)C(=O)C(C#N)=C2C)cc1OC. The number of nitriles is 1. The van der Waals surface area contributed by atoms with Crippen LogP contribution in [0.1, 0.15) is 37.8 Å². The summed E-state index contributed by atoms with van der Waals surface area (Å²) in [6, 6.07) is 12.7. The van der Waals surface area contributed by atoms with Gasteiger partial charge in [-0.15, -0.1) is 0 Å². The molecular weight excluding hydrogens is 423 g/mol. The molecule has 7 heteroatoms. The molecule has 0 saturated carbocycles. The van der Waals surface area contributed by atoms with Crippen LogP contribution in [0.3, 0.4) is 0 Å². The van der Waals surface area contributed by atoms with Crippen molar-refractivity contribution in [3.8, 4) is 17.6 Å². The van der Waals surface area contributed by atoms with Crippen molar-refractivity contribution in [3.63, 3.8) is 0 Å². The van der Waals surface area contributed by atoms with Gasteiger partial charge in [-0.3, -0.25) is 14.5 Å². The molecule has 0 radical (unpaired) electrons. The number of hydrogen-bond donors (Lipinski definition) is 0. The molecule has 1 aliphatic rings. The number of carbonyl (C=O) groups excluding carboxylic acids is 2. The monoisotopic (exact) mass is 448 g/mol. The Morgan fingerprint density at radius 2 is 1.82 bits per heavy atom. The summed E-state index contributed by atoms with van der Waals surface area (Å²) in [5, 5.41) is 9.56. The average Bonchev–Trinajstić information content (AvgIpc) is 2.82. The number of nitrogens with zero attached hydrogens (tertiary/aromatic N) is 2. The molecule has 2 aromatic carbocycles. The topological polar surface area (TPSA) is 79.6 Å². The highest BCUT2D eigenvalue weighted by molar-refractivity contribution is 6.19. The van der Waals surface area contributed by atoms with Gasteiger partial charge in [0.1, 0.15) is 17.5 Å². The summed E-state index contributed by atoms with van der Waals surface area (Å²) in [4.78, 5) is 27.1. The van der Waals surface area contributed by atoms with Crippen LogP contribution in [0.5, 0.6) is 11.5 Å². The number of methoxy groups -OCH3 is 1. The van der Waals surface area contributed by atoms with Gasteiger partial charge in [-0.2, -0.15) is 5.26 Å². The van der Waals surface area contributed by atoms with Crippen LogP contribution < -0.4 is 9.47 Å². The molecule has 0 bridgehead atoms. The lowest BCUT2D eigenvalue weighted by molar-refractivity contribution is -0.141. The van der Waals surface area contributed by atoms with Gasteiger partial charge in [-0.05, 0) is 60.4 Å². The Morgan fingerprint density at radius 3 is 2.45 bits per heavy atom. The first-order valence-electron chi connectivity index (χ1n) is 10.6. The Bertz CT molecular complexity index is 1160. The highest BCUT2D eigenvalue weighted by Crippen LogP contribution is 2.32. The molecule has 6 nitrogen and oxygen atoms in total. The van der Waals surface area contributed by atoms with E-state index in [9.17, 15) is 19.2 Å². The number of rotatable bonds is 8. The Hall–Kier alpha value is -3.92. The maximum absolute atomic E-state index is 13.2. The molecule has 170 valence electrons. The molecule has 0 aliphatic carbocycles. The standard InChI is InChI=1S/C26H25FN2O4/c1-4-5-12-33-23-11-8-19(14-24(23)32-3)13-21-17(2)22(15-28)26(31)29(25(21)30)16-18-6-9-20(27)10-7-18/h6-11,13-14H,4-5,12,16H2,1-3H3/b21-13+. The van der Waals surface area contributed by atoms with Gasteiger partial charge in [-0.1, -0.05) is 31.5 Å². The lowest BCUT2D eigenvalue weighted by Gasteiger charge is -2.27. The van der Waals surface area contributed by atoms with Gasteiger partial charge in [0.2, 0.25) is 0 Å². The zero-order valence-electron chi connectivity index (χ0n) is 18.9. The number of unbranched alkanes of at least 4 members (excludes halogenated alkanes) is 1. The van der Waals surface area contributed by atoms with Gasteiger partial charge in [0, 0.05) is 5.57 Å². The molecular formula is C26H25FN2O4. The Balaban J connectivity index is 1.97. The fourth-order valence-electron chi connectivity index (χ4n) is 3.43. The predicted molar refractivity (Wildman–Crippen MR) is 122 cm³/mol. The second-order valence-electron chi connectivity index (χ2n) is 7.61. The third kappa shape index (κ3) is 5.29. The van der Waals surface area contributed by atoms with E-state index in [0.29, 0.717) is 34.8 Å². The van der Waals surface area contributed by atoms with Gasteiger partial charge >= 0.3 is 0 Å². The van der Waals surface area contributed by atoms with Crippen molar-refractivity contribution in [1.29, 1.82) is 5.26 Å². The lowest BCUT2D eigenvalue weighted by Crippen LogP contribution is -2.42. The summed E-state index contributed by atoms with van der Waals surface area (Å²) < 4.78 is 24.4. The van der Waals surface area contributed by atoms with Crippen molar-refractivity contribution in [2.45, 2.75) is 33.2 Å². The number of halogens is 1. The number of hydrogen-bond acceptors (Lipinski definition) is 5. The second-order valence-corrected chi connectivity index (χ2v) is 7.61. The van der Waals surface area contributed by atoms with Crippen LogP contribution in [0.15, 0.2) is 59.2 Å². The zero-order chi connectivity index (χ0) is 24.0. The normalized spacial score (nSPS) is 15.1. The summed E-state index contributed by atoms with van der Waals surface area (Å²) in [6.45, 7) is 4.16. The fourth-order valence-corrected chi connectivity index (χ4v) is 3.43. The molecule has 33 heavy (non-hydrogen) atoms. The maximum Gasteiger partial charge on any atom is 0.271 e. The van der Waals surface area contributed by atoms with E-state index in [1.165, 1.54) is 31.4 Å². The summed E-state index contributed by atoms with van der Waals surface area (Å²) in [7, 11) is 1.53. The van der Waals surface area contributed by atoms with Crippen LogP contribution in [0.2, 0.25) is 0 Å². The van der Waals surface area contributed by atoms with Crippen LogP contribution in [0.4, 0.5) is 4.39 Å². The van der Waals surface area contributed by atoms with Crippen LogP contribution in [-0.4, -0.2) is 30.4 Å². The van der Waals surface area contributed by atoms with Gasteiger partial charge in [0.05, 0.1) is 20.3 Å². The molecule has 2 aromatic rings. The van der Waals surface area contributed by atoms with Crippen molar-refractivity contribution < 1.29 is 23.5 Å². The Labute approximate surface area is 192 Å². The molecule has 1 aliphatic heterocycles. The van der Waals surface area contributed by atoms with Gasteiger partial charge < -0.3 is 9.47 Å². The first kappa shape index (κ1) is 23.7. The molecule has 0 atom stereocenters. The summed E-state index contributed by atoms with van der Waals surface area (Å²) in [5.74, 6) is -0.492. The Kier molecular flexibility index (Phi) is 7.62. The smallest absolute Gasteiger partial charge is 0.271 e. The van der Waals surface area contributed by atoms with E-state index < -0.39 is 17.6 Å². The van der Waals surface area contributed by atoms with Crippen molar-refractivity contribution in [1.82, 2.24) is 4.90 Å².